The largest absolute Gasteiger partial charge is 0.314 e. The Hall–Kier alpha value is -1.07. The van der Waals surface area contributed by atoms with E-state index >= 15 is 0 Å². The monoisotopic (exact) mass is 364 g/mol. The Morgan fingerprint density at radius 3 is 2.50 bits per heavy atom. The van der Waals surface area contributed by atoms with Gasteiger partial charge >= 0.3 is 0 Å². The van der Waals surface area contributed by atoms with Gasteiger partial charge in [-0.1, -0.05) is 41.6 Å². The molecule has 0 amide bonds. The summed E-state index contributed by atoms with van der Waals surface area (Å²) in [6.45, 7) is 3.56. The number of hydrogen-bond donors (Lipinski definition) is 1. The zero-order valence-corrected chi connectivity index (χ0v) is 15.1. The highest BCUT2D eigenvalue weighted by Gasteiger charge is 2.24. The topological polar surface area (TPSA) is 15.3 Å². The summed E-state index contributed by atoms with van der Waals surface area (Å²) in [4.78, 5) is 4.74. The predicted molar refractivity (Wildman–Crippen MR) is 99.8 cm³/mol. The zero-order chi connectivity index (χ0) is 16.8. The lowest BCUT2D eigenvalue weighted by atomic mass is 10.0. The Labute approximate surface area is 152 Å². The van der Waals surface area contributed by atoms with Gasteiger partial charge in [0.25, 0.3) is 0 Å². The molecule has 2 aromatic carbocycles. The molecule has 0 radical (unpaired) electrons. The molecular weight excluding hydrogens is 343 g/mol. The third-order valence-corrected chi connectivity index (χ3v) is 5.65. The highest BCUT2D eigenvalue weighted by Crippen LogP contribution is 2.37. The smallest absolute Gasteiger partial charge is 0.0912 e. The van der Waals surface area contributed by atoms with Gasteiger partial charge in [0.1, 0.15) is 0 Å². The van der Waals surface area contributed by atoms with Crippen molar-refractivity contribution in [3.05, 3.63) is 59.1 Å². The van der Waals surface area contributed by atoms with Gasteiger partial charge < -0.3 is 5.32 Å². The quantitative estimate of drug-likeness (QED) is 0.792. The lowest BCUT2D eigenvalue weighted by Gasteiger charge is -2.35. The van der Waals surface area contributed by atoms with Gasteiger partial charge in [0.2, 0.25) is 0 Å². The van der Waals surface area contributed by atoms with E-state index in [-0.39, 0.29) is 12.7 Å². The van der Waals surface area contributed by atoms with Crippen molar-refractivity contribution >= 4 is 23.4 Å². The molecule has 1 atom stereocenters. The van der Waals surface area contributed by atoms with E-state index in [1.54, 1.807) is 11.8 Å². The Morgan fingerprint density at radius 1 is 1.08 bits per heavy atom. The molecule has 5 heteroatoms. The molecule has 24 heavy (non-hydrogen) atoms. The number of alkyl halides is 1. The average Bonchev–Trinajstić information content (AvgIpc) is 2.63. The molecule has 1 aliphatic rings. The number of piperazine rings is 1. The molecule has 0 saturated carbocycles. The minimum atomic E-state index is -0.297. The molecule has 0 aliphatic carbocycles. The maximum absolute atomic E-state index is 13.2. The summed E-state index contributed by atoms with van der Waals surface area (Å²) >= 11 is 7.69. The molecule has 3 rings (SSSR count). The lowest BCUT2D eigenvalue weighted by Crippen LogP contribution is -2.45. The van der Waals surface area contributed by atoms with Gasteiger partial charge in [0.15, 0.2) is 0 Å². The SMILES string of the molecule is FCC[C@@H](c1ccccc1Sc1ccc(Cl)cc1)N1CCNCC1. The van der Waals surface area contributed by atoms with E-state index in [1.807, 2.05) is 30.3 Å². The van der Waals surface area contributed by atoms with Crippen molar-refractivity contribution in [3.63, 3.8) is 0 Å². The van der Waals surface area contributed by atoms with Crippen LogP contribution in [0.3, 0.4) is 0 Å². The van der Waals surface area contributed by atoms with E-state index in [4.69, 9.17) is 11.6 Å². The fourth-order valence-electron chi connectivity index (χ4n) is 3.11. The minimum absolute atomic E-state index is 0.133. The van der Waals surface area contributed by atoms with Gasteiger partial charge in [0.05, 0.1) is 6.67 Å². The maximum Gasteiger partial charge on any atom is 0.0912 e. The molecule has 0 bridgehead atoms. The zero-order valence-electron chi connectivity index (χ0n) is 13.6. The van der Waals surface area contributed by atoms with E-state index in [2.05, 4.69) is 28.4 Å². The third-order valence-electron chi connectivity index (χ3n) is 4.29. The first-order chi connectivity index (χ1) is 11.8. The van der Waals surface area contributed by atoms with Crippen molar-refractivity contribution < 1.29 is 4.39 Å². The molecule has 0 aromatic heterocycles. The molecule has 0 unspecified atom stereocenters. The average molecular weight is 365 g/mol. The maximum atomic E-state index is 13.2. The van der Waals surface area contributed by atoms with Crippen molar-refractivity contribution in [1.82, 2.24) is 10.2 Å². The first-order valence-electron chi connectivity index (χ1n) is 8.31. The highest BCUT2D eigenvalue weighted by molar-refractivity contribution is 7.99. The van der Waals surface area contributed by atoms with Crippen molar-refractivity contribution in [2.24, 2.45) is 0 Å². The lowest BCUT2D eigenvalue weighted by molar-refractivity contribution is 0.155. The molecule has 1 fully saturated rings. The fraction of sp³-hybridized carbons (Fsp3) is 0.368. The molecule has 1 N–H and O–H groups in total. The van der Waals surface area contributed by atoms with Crippen LogP contribution in [0, 0.1) is 0 Å². The van der Waals surface area contributed by atoms with E-state index in [0.717, 1.165) is 36.1 Å². The van der Waals surface area contributed by atoms with E-state index in [0.29, 0.717) is 6.42 Å². The van der Waals surface area contributed by atoms with E-state index in [9.17, 15) is 4.39 Å². The van der Waals surface area contributed by atoms with Crippen LogP contribution in [0.5, 0.6) is 0 Å². The summed E-state index contributed by atoms with van der Waals surface area (Å²) in [6, 6.07) is 16.4. The van der Waals surface area contributed by atoms with Gasteiger partial charge in [-0.15, -0.1) is 0 Å². The standard InChI is InChI=1S/C19H22ClFN2S/c20-15-5-7-16(8-6-15)24-19-4-2-1-3-17(19)18(9-10-21)23-13-11-22-12-14-23/h1-8,18,22H,9-14H2/t18-/m0/s1. The van der Waals surface area contributed by atoms with Crippen molar-refractivity contribution in [1.29, 1.82) is 0 Å². The summed E-state index contributed by atoms with van der Waals surface area (Å²) in [5.41, 5.74) is 1.22. The Bertz CT molecular complexity index is 644. The molecule has 0 spiro atoms. The molecule has 2 nitrogen and oxygen atoms in total. The molecule has 2 aromatic rings. The van der Waals surface area contributed by atoms with Crippen LogP contribution in [0.4, 0.5) is 4.39 Å². The van der Waals surface area contributed by atoms with Crippen LogP contribution in [0.25, 0.3) is 0 Å². The van der Waals surface area contributed by atoms with Crippen molar-refractivity contribution in [2.75, 3.05) is 32.9 Å². The molecular formula is C19H22ClFN2S. The molecule has 128 valence electrons. The summed E-state index contributed by atoms with van der Waals surface area (Å²) in [5, 5.41) is 4.11. The van der Waals surface area contributed by atoms with Gasteiger partial charge in [-0.25, -0.2) is 0 Å². The first kappa shape index (κ1) is 17.7. The molecule has 1 heterocycles. The predicted octanol–water partition coefficient (Wildman–Crippen LogP) is 4.80. The first-order valence-corrected chi connectivity index (χ1v) is 9.50. The fourth-order valence-corrected chi connectivity index (χ4v) is 4.23. The van der Waals surface area contributed by atoms with E-state index in [1.165, 1.54) is 10.5 Å². The number of halogens is 2. The third kappa shape index (κ3) is 4.51. The minimum Gasteiger partial charge on any atom is -0.314 e. The van der Waals surface area contributed by atoms with Crippen LogP contribution in [0.1, 0.15) is 18.0 Å². The normalized spacial score (nSPS) is 16.9. The Balaban J connectivity index is 1.86. The summed E-state index contributed by atoms with van der Waals surface area (Å²) < 4.78 is 13.2. The number of nitrogens with zero attached hydrogens (tertiary/aromatic N) is 1. The summed E-state index contributed by atoms with van der Waals surface area (Å²) in [5.74, 6) is 0. The number of benzene rings is 2. The highest BCUT2D eigenvalue weighted by atomic mass is 35.5. The molecule has 1 aliphatic heterocycles. The van der Waals surface area contributed by atoms with Crippen LogP contribution in [-0.4, -0.2) is 37.8 Å². The van der Waals surface area contributed by atoms with Gasteiger partial charge in [-0.05, 0) is 42.3 Å². The van der Waals surface area contributed by atoms with Crippen molar-refractivity contribution in [3.8, 4) is 0 Å². The Morgan fingerprint density at radius 2 is 1.79 bits per heavy atom. The molecule has 1 saturated heterocycles. The van der Waals surface area contributed by atoms with Crippen LogP contribution >= 0.6 is 23.4 Å². The van der Waals surface area contributed by atoms with Crippen LogP contribution in [0.15, 0.2) is 58.3 Å². The second-order valence-corrected chi connectivity index (χ2v) is 7.43. The van der Waals surface area contributed by atoms with Crippen LogP contribution in [0.2, 0.25) is 5.02 Å². The van der Waals surface area contributed by atoms with Crippen LogP contribution in [-0.2, 0) is 0 Å². The Kier molecular flexibility index (Phi) is 6.55. The number of nitrogens with one attached hydrogen (secondary N) is 1. The summed E-state index contributed by atoms with van der Waals surface area (Å²) in [6.07, 6.45) is 0.540. The van der Waals surface area contributed by atoms with Gasteiger partial charge in [-0.2, -0.15) is 0 Å². The summed E-state index contributed by atoms with van der Waals surface area (Å²) in [7, 11) is 0. The van der Waals surface area contributed by atoms with Crippen molar-refractivity contribution in [2.45, 2.75) is 22.3 Å². The van der Waals surface area contributed by atoms with Gasteiger partial charge in [-0.3, -0.25) is 9.29 Å². The number of hydrogen-bond acceptors (Lipinski definition) is 3. The number of rotatable bonds is 6. The second kappa shape index (κ2) is 8.86. The second-order valence-electron chi connectivity index (χ2n) is 5.87. The van der Waals surface area contributed by atoms with Crippen LogP contribution < -0.4 is 5.32 Å². The van der Waals surface area contributed by atoms with Gasteiger partial charge in [0, 0.05) is 47.0 Å². The van der Waals surface area contributed by atoms with E-state index < -0.39 is 0 Å².